The highest BCUT2D eigenvalue weighted by atomic mass is 16.4. The van der Waals surface area contributed by atoms with E-state index >= 15 is 0 Å². The standard InChI is InChI=1S/C15H22N2O3/c1-6-11-9-7-8-10(2)12(11)16-14(20)17(5)15(3,4)13(18)19/h7-9H,6H2,1-5H3,(H,16,20)(H,18,19). The molecule has 0 saturated heterocycles. The Kier molecular flexibility index (Phi) is 4.76. The second-order valence-electron chi connectivity index (χ2n) is 5.32. The molecule has 0 bridgehead atoms. The minimum Gasteiger partial charge on any atom is -0.480 e. The lowest BCUT2D eigenvalue weighted by atomic mass is 10.0. The first-order valence-corrected chi connectivity index (χ1v) is 6.58. The van der Waals surface area contributed by atoms with Crippen molar-refractivity contribution in [1.29, 1.82) is 0 Å². The van der Waals surface area contributed by atoms with Crippen LogP contribution in [0.5, 0.6) is 0 Å². The lowest BCUT2D eigenvalue weighted by molar-refractivity contribution is -0.146. The zero-order chi connectivity index (χ0) is 15.5. The molecule has 0 spiro atoms. The van der Waals surface area contributed by atoms with Gasteiger partial charge in [-0.1, -0.05) is 25.1 Å². The van der Waals surface area contributed by atoms with Crippen molar-refractivity contribution < 1.29 is 14.7 Å². The van der Waals surface area contributed by atoms with Crippen LogP contribution in [0.3, 0.4) is 0 Å². The Balaban J connectivity index is 3.00. The van der Waals surface area contributed by atoms with E-state index in [2.05, 4.69) is 5.32 Å². The van der Waals surface area contributed by atoms with Crippen LogP contribution in [0.2, 0.25) is 0 Å². The normalized spacial score (nSPS) is 11.1. The SMILES string of the molecule is CCc1cccc(C)c1NC(=O)N(C)C(C)(C)C(=O)O. The number of nitrogens with one attached hydrogen (secondary N) is 1. The Morgan fingerprint density at radius 1 is 1.35 bits per heavy atom. The molecule has 5 heteroatoms. The maximum absolute atomic E-state index is 12.2. The third-order valence-electron chi connectivity index (χ3n) is 3.64. The second-order valence-corrected chi connectivity index (χ2v) is 5.32. The zero-order valence-electron chi connectivity index (χ0n) is 12.7. The molecule has 110 valence electrons. The summed E-state index contributed by atoms with van der Waals surface area (Å²) < 4.78 is 0. The fourth-order valence-electron chi connectivity index (χ4n) is 1.79. The molecule has 2 amide bonds. The minimum absolute atomic E-state index is 0.429. The van der Waals surface area contributed by atoms with Gasteiger partial charge in [0.25, 0.3) is 0 Å². The molecule has 0 aliphatic rings. The number of hydrogen-bond acceptors (Lipinski definition) is 2. The number of nitrogens with zero attached hydrogens (tertiary/aromatic N) is 1. The van der Waals surface area contributed by atoms with Gasteiger partial charge in [0, 0.05) is 12.7 Å². The molecule has 0 heterocycles. The molecule has 0 unspecified atom stereocenters. The predicted octanol–water partition coefficient (Wildman–Crippen LogP) is 2.88. The van der Waals surface area contributed by atoms with Crippen LogP contribution in [0.15, 0.2) is 18.2 Å². The summed E-state index contributed by atoms with van der Waals surface area (Å²) in [6.07, 6.45) is 0.795. The Labute approximate surface area is 119 Å². The van der Waals surface area contributed by atoms with Crippen LogP contribution < -0.4 is 5.32 Å². The number of aryl methyl sites for hydroxylation is 2. The number of anilines is 1. The van der Waals surface area contributed by atoms with E-state index in [1.807, 2.05) is 32.0 Å². The molecule has 1 rings (SSSR count). The first kappa shape index (κ1) is 16.0. The van der Waals surface area contributed by atoms with E-state index in [9.17, 15) is 9.59 Å². The van der Waals surface area contributed by atoms with Gasteiger partial charge in [-0.05, 0) is 38.3 Å². The van der Waals surface area contributed by atoms with Gasteiger partial charge in [0.05, 0.1) is 0 Å². The number of carboxylic acids is 1. The fraction of sp³-hybridized carbons (Fsp3) is 0.467. The monoisotopic (exact) mass is 278 g/mol. The Hall–Kier alpha value is -2.04. The van der Waals surface area contributed by atoms with E-state index in [0.29, 0.717) is 0 Å². The van der Waals surface area contributed by atoms with Crippen molar-refractivity contribution in [3.63, 3.8) is 0 Å². The molecule has 5 nitrogen and oxygen atoms in total. The van der Waals surface area contributed by atoms with Crippen molar-refractivity contribution in [3.8, 4) is 0 Å². The quantitative estimate of drug-likeness (QED) is 0.889. The number of carbonyl (C=O) groups is 2. The molecule has 0 atom stereocenters. The summed E-state index contributed by atoms with van der Waals surface area (Å²) in [6, 6.07) is 5.37. The number of amides is 2. The topological polar surface area (TPSA) is 69.6 Å². The van der Waals surface area contributed by atoms with E-state index in [4.69, 9.17) is 5.11 Å². The van der Waals surface area contributed by atoms with Gasteiger partial charge in [-0.3, -0.25) is 0 Å². The number of para-hydroxylation sites is 1. The van der Waals surface area contributed by atoms with Crippen LogP contribution in [0.4, 0.5) is 10.5 Å². The highest BCUT2D eigenvalue weighted by molar-refractivity contribution is 5.94. The van der Waals surface area contributed by atoms with Crippen molar-refractivity contribution in [2.24, 2.45) is 0 Å². The Morgan fingerprint density at radius 2 is 1.95 bits per heavy atom. The number of aliphatic carboxylic acids is 1. The van der Waals surface area contributed by atoms with Crippen molar-refractivity contribution in [2.75, 3.05) is 12.4 Å². The van der Waals surface area contributed by atoms with Gasteiger partial charge in [0.15, 0.2) is 0 Å². The number of rotatable bonds is 4. The summed E-state index contributed by atoms with van der Waals surface area (Å²) >= 11 is 0. The van der Waals surface area contributed by atoms with Crippen molar-refractivity contribution >= 4 is 17.7 Å². The lowest BCUT2D eigenvalue weighted by Gasteiger charge is -2.32. The molecule has 1 aromatic rings. The predicted molar refractivity (Wildman–Crippen MR) is 79.1 cm³/mol. The van der Waals surface area contributed by atoms with E-state index in [1.54, 1.807) is 0 Å². The van der Waals surface area contributed by atoms with Gasteiger partial charge in [-0.25, -0.2) is 9.59 Å². The number of urea groups is 1. The Morgan fingerprint density at radius 3 is 2.45 bits per heavy atom. The average Bonchev–Trinajstić information content (AvgIpc) is 2.39. The summed E-state index contributed by atoms with van der Waals surface area (Å²) in [4.78, 5) is 24.6. The molecule has 0 fully saturated rings. The molecule has 0 aliphatic carbocycles. The van der Waals surface area contributed by atoms with Gasteiger partial charge in [-0.2, -0.15) is 0 Å². The summed E-state index contributed by atoms with van der Waals surface area (Å²) in [6.45, 7) is 6.91. The van der Waals surface area contributed by atoms with E-state index < -0.39 is 17.5 Å². The van der Waals surface area contributed by atoms with Crippen LogP contribution in [-0.4, -0.2) is 34.6 Å². The average molecular weight is 278 g/mol. The van der Waals surface area contributed by atoms with Crippen LogP contribution in [0, 0.1) is 6.92 Å². The van der Waals surface area contributed by atoms with E-state index in [1.165, 1.54) is 25.8 Å². The molecule has 0 aromatic heterocycles. The molecule has 20 heavy (non-hydrogen) atoms. The molecular weight excluding hydrogens is 256 g/mol. The molecule has 2 N–H and O–H groups in total. The molecule has 0 aliphatic heterocycles. The van der Waals surface area contributed by atoms with E-state index in [0.717, 1.165) is 23.2 Å². The number of benzene rings is 1. The van der Waals surface area contributed by atoms with Gasteiger partial charge < -0.3 is 15.3 Å². The van der Waals surface area contributed by atoms with Crippen LogP contribution in [-0.2, 0) is 11.2 Å². The smallest absolute Gasteiger partial charge is 0.329 e. The maximum Gasteiger partial charge on any atom is 0.329 e. The zero-order valence-corrected chi connectivity index (χ0v) is 12.7. The van der Waals surface area contributed by atoms with Crippen LogP contribution in [0.1, 0.15) is 31.9 Å². The number of likely N-dealkylation sites (N-methyl/N-ethyl adjacent to an activating group) is 1. The molecule has 1 aromatic carbocycles. The second kappa shape index (κ2) is 5.94. The highest BCUT2D eigenvalue weighted by Gasteiger charge is 2.35. The largest absolute Gasteiger partial charge is 0.480 e. The van der Waals surface area contributed by atoms with Gasteiger partial charge in [0.2, 0.25) is 0 Å². The lowest BCUT2D eigenvalue weighted by Crippen LogP contribution is -2.52. The first-order valence-electron chi connectivity index (χ1n) is 6.58. The first-order chi connectivity index (χ1) is 9.21. The van der Waals surface area contributed by atoms with E-state index in [-0.39, 0.29) is 0 Å². The Bertz CT molecular complexity index is 524. The number of carbonyl (C=O) groups excluding carboxylic acids is 1. The number of hydrogen-bond donors (Lipinski definition) is 2. The van der Waals surface area contributed by atoms with Crippen LogP contribution in [0.25, 0.3) is 0 Å². The van der Waals surface area contributed by atoms with Crippen molar-refractivity contribution in [3.05, 3.63) is 29.3 Å². The van der Waals surface area contributed by atoms with Gasteiger partial charge in [-0.15, -0.1) is 0 Å². The van der Waals surface area contributed by atoms with Crippen molar-refractivity contribution in [2.45, 2.75) is 39.7 Å². The fourth-order valence-corrected chi connectivity index (χ4v) is 1.79. The highest BCUT2D eigenvalue weighted by Crippen LogP contribution is 2.22. The third kappa shape index (κ3) is 3.10. The molecule has 0 saturated carbocycles. The van der Waals surface area contributed by atoms with Crippen LogP contribution >= 0.6 is 0 Å². The molecule has 0 radical (unpaired) electrons. The van der Waals surface area contributed by atoms with Crippen molar-refractivity contribution in [1.82, 2.24) is 4.90 Å². The maximum atomic E-state index is 12.2. The summed E-state index contributed by atoms with van der Waals surface area (Å²) in [5.41, 5.74) is 1.48. The summed E-state index contributed by atoms with van der Waals surface area (Å²) in [7, 11) is 1.48. The third-order valence-corrected chi connectivity index (χ3v) is 3.64. The van der Waals surface area contributed by atoms with Gasteiger partial charge in [0.1, 0.15) is 5.54 Å². The summed E-state index contributed by atoms with van der Waals surface area (Å²) in [5.74, 6) is -1.05. The molecular formula is C15H22N2O3. The summed E-state index contributed by atoms with van der Waals surface area (Å²) in [5, 5.41) is 12.0. The van der Waals surface area contributed by atoms with Gasteiger partial charge >= 0.3 is 12.0 Å². The minimum atomic E-state index is -1.26. The number of carboxylic acid groups (broad SMARTS) is 1.